The van der Waals surface area contributed by atoms with E-state index >= 15 is 0 Å². The summed E-state index contributed by atoms with van der Waals surface area (Å²) in [5.41, 5.74) is 0.868. The van der Waals surface area contributed by atoms with Crippen LogP contribution in [-0.2, 0) is 4.79 Å². The van der Waals surface area contributed by atoms with Crippen LogP contribution in [0.25, 0.3) is 0 Å². The summed E-state index contributed by atoms with van der Waals surface area (Å²) in [5.74, 6) is -1.32. The Bertz CT molecular complexity index is 837. The fourth-order valence-corrected chi connectivity index (χ4v) is 3.04. The highest BCUT2D eigenvalue weighted by atomic mass is 35.5. The summed E-state index contributed by atoms with van der Waals surface area (Å²) in [6.45, 7) is 2.21. The summed E-state index contributed by atoms with van der Waals surface area (Å²) in [7, 11) is 0. The van der Waals surface area contributed by atoms with Crippen molar-refractivity contribution in [3.05, 3.63) is 64.7 Å². The van der Waals surface area contributed by atoms with Gasteiger partial charge in [0.2, 0.25) is 5.91 Å². The van der Waals surface area contributed by atoms with E-state index in [4.69, 9.17) is 11.6 Å². The van der Waals surface area contributed by atoms with Crippen molar-refractivity contribution in [1.29, 1.82) is 0 Å². The number of amides is 2. The van der Waals surface area contributed by atoms with Gasteiger partial charge in [0.05, 0.1) is 11.6 Å². The Kier molecular flexibility index (Phi) is 6.03. The van der Waals surface area contributed by atoms with Crippen LogP contribution >= 0.6 is 11.6 Å². The number of rotatable bonds is 4. The van der Waals surface area contributed by atoms with Crippen LogP contribution in [0, 0.1) is 11.6 Å². The first-order chi connectivity index (χ1) is 12.9. The van der Waals surface area contributed by atoms with Crippen molar-refractivity contribution in [2.45, 2.75) is 0 Å². The average molecular weight is 394 g/mol. The maximum atomic E-state index is 13.1. The summed E-state index contributed by atoms with van der Waals surface area (Å²) in [6, 6.07) is 9.44. The quantitative estimate of drug-likeness (QED) is 0.868. The maximum Gasteiger partial charge on any atom is 0.253 e. The second-order valence-corrected chi connectivity index (χ2v) is 6.66. The maximum absolute atomic E-state index is 13.1. The van der Waals surface area contributed by atoms with E-state index < -0.39 is 5.82 Å². The monoisotopic (exact) mass is 393 g/mol. The third-order valence-corrected chi connectivity index (χ3v) is 4.61. The molecule has 0 spiro atoms. The number of anilines is 1. The molecule has 27 heavy (non-hydrogen) atoms. The number of piperazine rings is 1. The van der Waals surface area contributed by atoms with Crippen molar-refractivity contribution in [2.75, 3.05) is 38.0 Å². The van der Waals surface area contributed by atoms with Crippen LogP contribution in [-0.4, -0.2) is 54.3 Å². The van der Waals surface area contributed by atoms with E-state index in [0.29, 0.717) is 37.4 Å². The Hall–Kier alpha value is -2.51. The van der Waals surface area contributed by atoms with Gasteiger partial charge in [-0.3, -0.25) is 14.5 Å². The van der Waals surface area contributed by atoms with E-state index in [-0.39, 0.29) is 29.2 Å². The molecule has 1 fully saturated rings. The molecule has 1 aliphatic rings. The molecule has 0 unspecified atom stereocenters. The van der Waals surface area contributed by atoms with Gasteiger partial charge in [0.15, 0.2) is 0 Å². The van der Waals surface area contributed by atoms with Gasteiger partial charge in [-0.05, 0) is 42.5 Å². The molecule has 2 aromatic rings. The number of hydrogen-bond acceptors (Lipinski definition) is 3. The van der Waals surface area contributed by atoms with E-state index in [1.807, 2.05) is 4.90 Å². The van der Waals surface area contributed by atoms with Crippen LogP contribution in [0.3, 0.4) is 0 Å². The molecule has 3 rings (SSSR count). The zero-order chi connectivity index (χ0) is 19.4. The van der Waals surface area contributed by atoms with Gasteiger partial charge in [-0.1, -0.05) is 11.6 Å². The molecule has 8 heteroatoms. The first kappa shape index (κ1) is 19.3. The number of nitrogens with one attached hydrogen (secondary N) is 1. The van der Waals surface area contributed by atoms with Crippen LogP contribution in [0.15, 0.2) is 42.5 Å². The smallest absolute Gasteiger partial charge is 0.253 e. The van der Waals surface area contributed by atoms with Crippen molar-refractivity contribution in [2.24, 2.45) is 0 Å². The van der Waals surface area contributed by atoms with Gasteiger partial charge < -0.3 is 10.2 Å². The van der Waals surface area contributed by atoms with Crippen molar-refractivity contribution in [1.82, 2.24) is 9.80 Å². The molecule has 0 aliphatic carbocycles. The van der Waals surface area contributed by atoms with Crippen LogP contribution in [0.2, 0.25) is 5.02 Å². The van der Waals surface area contributed by atoms with Gasteiger partial charge in [-0.25, -0.2) is 8.78 Å². The predicted octanol–water partition coefficient (Wildman–Crippen LogP) is 3.01. The lowest BCUT2D eigenvalue weighted by atomic mass is 10.2. The van der Waals surface area contributed by atoms with Crippen molar-refractivity contribution >= 4 is 29.1 Å². The minimum Gasteiger partial charge on any atom is -0.336 e. The van der Waals surface area contributed by atoms with Gasteiger partial charge in [0, 0.05) is 37.4 Å². The van der Waals surface area contributed by atoms with Crippen LogP contribution < -0.4 is 5.32 Å². The number of carbonyl (C=O) groups is 2. The standard InChI is InChI=1S/C19H18ClF2N3O2/c20-16-11-15(5-6-17(16)22)23-18(26)12-24-7-9-25(10-8-24)19(27)13-1-3-14(21)4-2-13/h1-6,11H,7-10,12H2,(H,23,26). The van der Waals surface area contributed by atoms with E-state index in [1.165, 1.54) is 42.5 Å². The van der Waals surface area contributed by atoms with Crippen molar-refractivity contribution in [3.8, 4) is 0 Å². The summed E-state index contributed by atoms with van der Waals surface area (Å²) < 4.78 is 26.1. The topological polar surface area (TPSA) is 52.7 Å². The second-order valence-electron chi connectivity index (χ2n) is 6.25. The Labute approximate surface area is 160 Å². The molecule has 0 radical (unpaired) electrons. The number of carbonyl (C=O) groups excluding carboxylic acids is 2. The zero-order valence-corrected chi connectivity index (χ0v) is 15.2. The molecule has 142 valence electrons. The molecule has 2 amide bonds. The fraction of sp³-hybridized carbons (Fsp3) is 0.263. The zero-order valence-electron chi connectivity index (χ0n) is 14.4. The Morgan fingerprint density at radius 1 is 1.00 bits per heavy atom. The Morgan fingerprint density at radius 2 is 1.67 bits per heavy atom. The largest absolute Gasteiger partial charge is 0.336 e. The third kappa shape index (κ3) is 5.02. The second kappa shape index (κ2) is 8.45. The molecule has 0 aromatic heterocycles. The molecule has 2 aromatic carbocycles. The third-order valence-electron chi connectivity index (χ3n) is 4.32. The lowest BCUT2D eigenvalue weighted by molar-refractivity contribution is -0.117. The summed E-state index contributed by atoms with van der Waals surface area (Å²) in [4.78, 5) is 28.2. The Balaban J connectivity index is 1.48. The number of hydrogen-bond donors (Lipinski definition) is 1. The highest BCUT2D eigenvalue weighted by Crippen LogP contribution is 2.19. The molecule has 0 bridgehead atoms. The number of halogens is 3. The van der Waals surface area contributed by atoms with Gasteiger partial charge >= 0.3 is 0 Å². The molecule has 5 nitrogen and oxygen atoms in total. The highest BCUT2D eigenvalue weighted by Gasteiger charge is 2.23. The minimum atomic E-state index is -0.545. The van der Waals surface area contributed by atoms with Gasteiger partial charge in [0.25, 0.3) is 5.91 Å². The van der Waals surface area contributed by atoms with Crippen molar-refractivity contribution < 1.29 is 18.4 Å². The fourth-order valence-electron chi connectivity index (χ4n) is 2.86. The molecule has 1 heterocycles. The molecular weight excluding hydrogens is 376 g/mol. The normalized spacial score (nSPS) is 14.9. The predicted molar refractivity (Wildman–Crippen MR) is 98.8 cm³/mol. The average Bonchev–Trinajstić information content (AvgIpc) is 2.65. The van der Waals surface area contributed by atoms with E-state index in [0.717, 1.165) is 0 Å². The Morgan fingerprint density at radius 3 is 2.30 bits per heavy atom. The lowest BCUT2D eigenvalue weighted by Gasteiger charge is -2.34. The SMILES string of the molecule is O=C(CN1CCN(C(=O)c2ccc(F)cc2)CC1)Nc1ccc(F)c(Cl)c1. The van der Waals surface area contributed by atoms with Gasteiger partial charge in [0.1, 0.15) is 11.6 Å². The first-order valence-electron chi connectivity index (χ1n) is 8.44. The summed E-state index contributed by atoms with van der Waals surface area (Å²) >= 11 is 5.70. The van der Waals surface area contributed by atoms with E-state index in [2.05, 4.69) is 5.32 Å². The number of nitrogens with zero attached hydrogens (tertiary/aromatic N) is 2. The molecular formula is C19H18ClF2N3O2. The van der Waals surface area contributed by atoms with E-state index in [1.54, 1.807) is 4.90 Å². The van der Waals surface area contributed by atoms with Crippen LogP contribution in [0.1, 0.15) is 10.4 Å². The summed E-state index contributed by atoms with van der Waals surface area (Å²) in [5, 5.41) is 2.62. The molecule has 1 N–H and O–H groups in total. The molecule has 1 saturated heterocycles. The van der Waals surface area contributed by atoms with Crippen molar-refractivity contribution in [3.63, 3.8) is 0 Å². The van der Waals surface area contributed by atoms with Gasteiger partial charge in [-0.2, -0.15) is 0 Å². The first-order valence-corrected chi connectivity index (χ1v) is 8.82. The molecule has 0 atom stereocenters. The molecule has 1 aliphatic heterocycles. The lowest BCUT2D eigenvalue weighted by Crippen LogP contribution is -2.50. The van der Waals surface area contributed by atoms with Gasteiger partial charge in [-0.15, -0.1) is 0 Å². The van der Waals surface area contributed by atoms with Crippen LogP contribution in [0.4, 0.5) is 14.5 Å². The summed E-state index contributed by atoms with van der Waals surface area (Å²) in [6.07, 6.45) is 0. The molecule has 0 saturated carbocycles. The van der Waals surface area contributed by atoms with E-state index in [9.17, 15) is 18.4 Å². The minimum absolute atomic E-state index is 0.0549. The van der Waals surface area contributed by atoms with Crippen LogP contribution in [0.5, 0.6) is 0 Å². The number of benzene rings is 2. The highest BCUT2D eigenvalue weighted by molar-refractivity contribution is 6.31.